The van der Waals surface area contributed by atoms with Gasteiger partial charge in [-0.3, -0.25) is 4.90 Å². The molecule has 0 spiro atoms. The number of nitrogens with one attached hydrogen (secondary N) is 1. The maximum Gasteiger partial charge on any atom is 0.118 e. The maximum atomic E-state index is 5.67. The molecule has 0 amide bonds. The third kappa shape index (κ3) is 6.07. The molecule has 1 aromatic rings. The fourth-order valence-electron chi connectivity index (χ4n) is 2.10. The summed E-state index contributed by atoms with van der Waals surface area (Å²) in [7, 11) is 1.74. The third-order valence-electron chi connectivity index (χ3n) is 3.33. The van der Waals surface area contributed by atoms with Gasteiger partial charge >= 0.3 is 0 Å². The van der Waals surface area contributed by atoms with Gasteiger partial charge in [0.15, 0.2) is 0 Å². The molecule has 0 aliphatic rings. The van der Waals surface area contributed by atoms with Crippen LogP contribution in [0.5, 0.6) is 0 Å². The molecule has 0 fully saturated rings. The van der Waals surface area contributed by atoms with Gasteiger partial charge in [-0.2, -0.15) is 0 Å². The molecule has 4 nitrogen and oxygen atoms in total. The van der Waals surface area contributed by atoms with E-state index in [1.165, 1.54) is 5.56 Å². The van der Waals surface area contributed by atoms with Crippen LogP contribution in [0.4, 0.5) is 0 Å². The largest absolute Gasteiger partial charge is 0.468 e. The van der Waals surface area contributed by atoms with Gasteiger partial charge in [-0.05, 0) is 40.3 Å². The predicted octanol–water partition coefficient (Wildman–Crippen LogP) is 3.02. The Morgan fingerprint density at radius 2 is 2.10 bits per heavy atom. The minimum absolute atomic E-state index is 0.125. The molecule has 0 aromatic carbocycles. The zero-order chi connectivity index (χ0) is 15.2. The first-order chi connectivity index (χ1) is 9.35. The summed E-state index contributed by atoms with van der Waals surface area (Å²) in [5, 5.41) is 3.47. The van der Waals surface area contributed by atoms with Gasteiger partial charge in [0.1, 0.15) is 5.76 Å². The highest BCUT2D eigenvalue weighted by molar-refractivity contribution is 5.13. The lowest BCUT2D eigenvalue weighted by atomic mass is 10.1. The highest BCUT2D eigenvalue weighted by atomic mass is 16.5. The third-order valence-corrected chi connectivity index (χ3v) is 3.33. The van der Waals surface area contributed by atoms with Crippen molar-refractivity contribution in [3.8, 4) is 0 Å². The Morgan fingerprint density at radius 3 is 2.65 bits per heavy atom. The molecule has 0 aliphatic heterocycles. The average Bonchev–Trinajstić information content (AvgIpc) is 2.80. The van der Waals surface area contributed by atoms with E-state index in [1.54, 1.807) is 7.11 Å². The molecule has 0 saturated heterocycles. The molecule has 1 unspecified atom stereocenters. The Balaban J connectivity index is 2.53. The number of furan rings is 1. The Bertz CT molecular complexity index is 382. The minimum Gasteiger partial charge on any atom is -0.468 e. The van der Waals surface area contributed by atoms with Crippen molar-refractivity contribution in [3.05, 3.63) is 23.7 Å². The van der Waals surface area contributed by atoms with Crippen molar-refractivity contribution in [2.24, 2.45) is 0 Å². The Kier molecular flexibility index (Phi) is 6.72. The van der Waals surface area contributed by atoms with Gasteiger partial charge in [0, 0.05) is 30.8 Å². The van der Waals surface area contributed by atoms with Crippen LogP contribution in [0.1, 0.15) is 45.9 Å². The van der Waals surface area contributed by atoms with Gasteiger partial charge in [-0.1, -0.05) is 6.92 Å². The molecule has 1 heterocycles. The van der Waals surface area contributed by atoms with E-state index in [1.807, 2.05) is 6.26 Å². The summed E-state index contributed by atoms with van der Waals surface area (Å²) >= 11 is 0. The number of hydrogen-bond acceptors (Lipinski definition) is 4. The second-order valence-corrected chi connectivity index (χ2v) is 6.39. The van der Waals surface area contributed by atoms with E-state index in [9.17, 15) is 0 Å². The second kappa shape index (κ2) is 7.81. The van der Waals surface area contributed by atoms with E-state index in [-0.39, 0.29) is 5.54 Å². The molecule has 116 valence electrons. The molecule has 20 heavy (non-hydrogen) atoms. The Hall–Kier alpha value is -0.840. The van der Waals surface area contributed by atoms with Gasteiger partial charge in [-0.15, -0.1) is 0 Å². The zero-order valence-corrected chi connectivity index (χ0v) is 13.8. The molecule has 0 bridgehead atoms. The van der Waals surface area contributed by atoms with Crippen LogP contribution in [0.2, 0.25) is 0 Å². The number of likely N-dealkylation sites (N-methyl/N-ethyl adjacent to an activating group) is 1. The molecular weight excluding hydrogens is 252 g/mol. The lowest BCUT2D eigenvalue weighted by Crippen LogP contribution is -2.35. The number of ether oxygens (including phenoxy) is 1. The molecular formula is C16H30N2O2. The van der Waals surface area contributed by atoms with Crippen LogP contribution in [-0.4, -0.2) is 36.7 Å². The van der Waals surface area contributed by atoms with Crippen molar-refractivity contribution in [2.45, 2.75) is 59.3 Å². The summed E-state index contributed by atoms with van der Waals surface area (Å²) in [5.74, 6) is 1.01. The smallest absolute Gasteiger partial charge is 0.118 e. The van der Waals surface area contributed by atoms with E-state index in [0.29, 0.717) is 6.04 Å². The number of methoxy groups -OCH3 is 1. The highest BCUT2D eigenvalue weighted by Crippen LogP contribution is 2.13. The first-order valence-corrected chi connectivity index (χ1v) is 7.40. The van der Waals surface area contributed by atoms with E-state index in [0.717, 1.165) is 32.0 Å². The van der Waals surface area contributed by atoms with E-state index in [2.05, 4.69) is 50.9 Å². The second-order valence-electron chi connectivity index (χ2n) is 6.39. The normalized spacial score (nSPS) is 13.9. The molecule has 1 atom stereocenters. The van der Waals surface area contributed by atoms with Gasteiger partial charge in [0.05, 0.1) is 19.4 Å². The maximum absolute atomic E-state index is 5.67. The van der Waals surface area contributed by atoms with Crippen LogP contribution in [-0.2, 0) is 17.8 Å². The van der Waals surface area contributed by atoms with Crippen LogP contribution in [0.15, 0.2) is 16.7 Å². The first kappa shape index (κ1) is 17.2. The Labute approximate surface area is 123 Å². The van der Waals surface area contributed by atoms with Gasteiger partial charge in [0.2, 0.25) is 0 Å². The van der Waals surface area contributed by atoms with Gasteiger partial charge in [0.25, 0.3) is 0 Å². The fourth-order valence-corrected chi connectivity index (χ4v) is 2.10. The minimum atomic E-state index is 0.125. The topological polar surface area (TPSA) is 37.6 Å². The van der Waals surface area contributed by atoms with Crippen LogP contribution in [0, 0.1) is 0 Å². The van der Waals surface area contributed by atoms with Gasteiger partial charge < -0.3 is 14.5 Å². The van der Waals surface area contributed by atoms with Crippen molar-refractivity contribution < 1.29 is 9.15 Å². The number of rotatable bonds is 8. The van der Waals surface area contributed by atoms with E-state index < -0.39 is 0 Å². The van der Waals surface area contributed by atoms with E-state index >= 15 is 0 Å². The molecule has 1 rings (SSSR count). The van der Waals surface area contributed by atoms with Crippen molar-refractivity contribution in [1.29, 1.82) is 0 Å². The summed E-state index contributed by atoms with van der Waals surface area (Å²) < 4.78 is 10.9. The Morgan fingerprint density at radius 1 is 1.40 bits per heavy atom. The highest BCUT2D eigenvalue weighted by Gasteiger charge is 2.15. The van der Waals surface area contributed by atoms with Crippen LogP contribution < -0.4 is 5.32 Å². The van der Waals surface area contributed by atoms with Crippen molar-refractivity contribution in [1.82, 2.24) is 10.2 Å². The molecule has 4 heteroatoms. The van der Waals surface area contributed by atoms with Crippen molar-refractivity contribution >= 4 is 0 Å². The summed E-state index contributed by atoms with van der Waals surface area (Å²) in [4.78, 5) is 2.35. The van der Waals surface area contributed by atoms with Crippen LogP contribution >= 0.6 is 0 Å². The quantitative estimate of drug-likeness (QED) is 0.795. The fraction of sp³-hybridized carbons (Fsp3) is 0.750. The van der Waals surface area contributed by atoms with Gasteiger partial charge in [-0.25, -0.2) is 0 Å². The summed E-state index contributed by atoms with van der Waals surface area (Å²) in [6.07, 6.45) is 1.85. The monoisotopic (exact) mass is 282 g/mol. The summed E-state index contributed by atoms with van der Waals surface area (Å²) in [6, 6.07) is 2.53. The number of nitrogens with zero attached hydrogens (tertiary/aromatic N) is 1. The summed E-state index contributed by atoms with van der Waals surface area (Å²) in [6.45, 7) is 14.2. The zero-order valence-electron chi connectivity index (χ0n) is 13.8. The molecule has 1 aromatic heterocycles. The molecule has 1 N–H and O–H groups in total. The molecule has 0 saturated carbocycles. The van der Waals surface area contributed by atoms with E-state index in [4.69, 9.17) is 9.15 Å². The summed E-state index contributed by atoms with van der Waals surface area (Å²) in [5.41, 5.74) is 1.32. The lowest BCUT2D eigenvalue weighted by molar-refractivity contribution is 0.0936. The standard InChI is InChI=1S/C16H30N2O2/c1-7-18(13(2)11-19-6)10-15-8-14(12-20-15)9-17-16(3,4)5/h8,12-13,17H,7,9-11H2,1-6H3. The SMILES string of the molecule is CCN(Cc1cc(CNC(C)(C)C)co1)C(C)COC. The molecule has 0 aliphatic carbocycles. The first-order valence-electron chi connectivity index (χ1n) is 7.40. The van der Waals surface area contributed by atoms with Crippen molar-refractivity contribution in [2.75, 3.05) is 20.3 Å². The van der Waals surface area contributed by atoms with Crippen LogP contribution in [0.3, 0.4) is 0 Å². The number of hydrogen-bond donors (Lipinski definition) is 1. The predicted molar refractivity (Wildman–Crippen MR) is 82.7 cm³/mol. The molecule has 0 radical (unpaired) electrons. The lowest BCUT2D eigenvalue weighted by Gasteiger charge is -2.26. The van der Waals surface area contributed by atoms with Crippen LogP contribution in [0.25, 0.3) is 0 Å². The van der Waals surface area contributed by atoms with Crippen molar-refractivity contribution in [3.63, 3.8) is 0 Å². The average molecular weight is 282 g/mol.